The van der Waals surface area contributed by atoms with E-state index < -0.39 is 15.7 Å². The molecule has 1 N–H and O–H groups in total. The summed E-state index contributed by atoms with van der Waals surface area (Å²) in [5.41, 5.74) is 3.87. The number of amides is 1. The van der Waals surface area contributed by atoms with Crippen molar-refractivity contribution in [2.75, 3.05) is 11.6 Å². The summed E-state index contributed by atoms with van der Waals surface area (Å²) in [7, 11) is -3.31. The number of carbonyl (C=O) groups excluding carboxylic acids is 1. The van der Waals surface area contributed by atoms with Crippen molar-refractivity contribution in [1.82, 2.24) is 10.1 Å². The lowest BCUT2D eigenvalue weighted by molar-refractivity contribution is 0.101. The summed E-state index contributed by atoms with van der Waals surface area (Å²) < 4.78 is 29.4. The third kappa shape index (κ3) is 3.92. The molecule has 4 rings (SSSR count). The minimum absolute atomic E-state index is 0.134. The monoisotopic (exact) mass is 427 g/mol. The summed E-state index contributed by atoms with van der Waals surface area (Å²) >= 11 is 1.19. The Morgan fingerprint density at radius 3 is 2.59 bits per heavy atom. The molecule has 2 aromatic carbocycles. The second-order valence-electron chi connectivity index (χ2n) is 6.75. The lowest BCUT2D eigenvalue weighted by atomic mass is 10.0. The minimum Gasteiger partial charge on any atom is -0.355 e. The molecular formula is C20H17N3O4S2. The zero-order valence-corrected chi connectivity index (χ0v) is 17.5. The van der Waals surface area contributed by atoms with Gasteiger partial charge in [0, 0.05) is 17.9 Å². The minimum atomic E-state index is -3.31. The van der Waals surface area contributed by atoms with Crippen LogP contribution in [0.5, 0.6) is 0 Å². The number of thiazole rings is 1. The van der Waals surface area contributed by atoms with Crippen LogP contribution in [0.1, 0.15) is 21.6 Å². The molecule has 1 amide bonds. The van der Waals surface area contributed by atoms with E-state index >= 15 is 0 Å². The van der Waals surface area contributed by atoms with Gasteiger partial charge in [-0.15, -0.1) is 0 Å². The van der Waals surface area contributed by atoms with E-state index in [0.29, 0.717) is 21.1 Å². The molecule has 9 heteroatoms. The van der Waals surface area contributed by atoms with Crippen molar-refractivity contribution in [3.05, 3.63) is 59.3 Å². The summed E-state index contributed by atoms with van der Waals surface area (Å²) in [6, 6.07) is 12.1. The van der Waals surface area contributed by atoms with Gasteiger partial charge in [-0.3, -0.25) is 10.1 Å². The van der Waals surface area contributed by atoms with E-state index in [1.165, 1.54) is 23.0 Å². The number of anilines is 1. The third-order valence-electron chi connectivity index (χ3n) is 4.54. The molecule has 0 bridgehead atoms. The molecule has 0 aliphatic heterocycles. The van der Waals surface area contributed by atoms with Crippen molar-refractivity contribution in [2.24, 2.45) is 0 Å². The molecule has 0 saturated heterocycles. The van der Waals surface area contributed by atoms with Crippen LogP contribution in [0.2, 0.25) is 0 Å². The van der Waals surface area contributed by atoms with Gasteiger partial charge in [-0.05, 0) is 49.2 Å². The number of hydrogen-bond acceptors (Lipinski definition) is 7. The van der Waals surface area contributed by atoms with E-state index in [4.69, 9.17) is 4.52 Å². The summed E-state index contributed by atoms with van der Waals surface area (Å²) in [5.74, 6) is 0.0478. The Morgan fingerprint density at radius 1 is 1.07 bits per heavy atom. The molecule has 0 saturated carbocycles. The molecule has 0 aliphatic carbocycles. The van der Waals surface area contributed by atoms with Crippen LogP contribution in [0.25, 0.3) is 21.5 Å². The fraction of sp³-hybridized carbons (Fsp3) is 0.150. The van der Waals surface area contributed by atoms with Gasteiger partial charge in [0.2, 0.25) is 0 Å². The fourth-order valence-electron chi connectivity index (χ4n) is 2.76. The number of aromatic nitrogens is 2. The van der Waals surface area contributed by atoms with E-state index in [1.54, 1.807) is 18.2 Å². The molecule has 0 atom stereocenters. The predicted octanol–water partition coefficient (Wildman–Crippen LogP) is 4.22. The fourth-order valence-corrected chi connectivity index (χ4v) is 4.39. The van der Waals surface area contributed by atoms with Crippen molar-refractivity contribution >= 4 is 42.4 Å². The van der Waals surface area contributed by atoms with Gasteiger partial charge in [-0.2, -0.15) is 0 Å². The van der Waals surface area contributed by atoms with Crippen LogP contribution >= 0.6 is 11.3 Å². The van der Waals surface area contributed by atoms with Crippen molar-refractivity contribution in [3.8, 4) is 11.3 Å². The Morgan fingerprint density at radius 2 is 1.86 bits per heavy atom. The van der Waals surface area contributed by atoms with E-state index in [2.05, 4.69) is 15.5 Å². The molecule has 0 unspecified atom stereocenters. The van der Waals surface area contributed by atoms with Crippen LogP contribution in [0.3, 0.4) is 0 Å². The molecule has 0 aliphatic rings. The van der Waals surface area contributed by atoms with Gasteiger partial charge in [-0.1, -0.05) is 28.6 Å². The molecule has 4 aromatic rings. The Balaban J connectivity index is 1.56. The average Bonchev–Trinajstić information content (AvgIpc) is 3.29. The molecule has 2 aromatic heterocycles. The Hall–Kier alpha value is -3.04. The van der Waals surface area contributed by atoms with Gasteiger partial charge in [0.1, 0.15) is 0 Å². The first-order valence-electron chi connectivity index (χ1n) is 8.67. The number of aryl methyl sites for hydroxylation is 2. The highest BCUT2D eigenvalue weighted by molar-refractivity contribution is 7.90. The highest BCUT2D eigenvalue weighted by Crippen LogP contribution is 2.29. The third-order valence-corrected chi connectivity index (χ3v) is 6.59. The summed E-state index contributed by atoms with van der Waals surface area (Å²) in [6.07, 6.45) is 1.15. The first-order chi connectivity index (χ1) is 13.7. The standard InChI is InChI=1S/C20H17N3O4S2/c1-11-4-5-13(8-12(11)2)17-10-16(23-27-17)19(24)22-20-21-15-7-6-14(29(3,25)26)9-18(15)28-20/h4-10H,1-3H3,(H,21,22,24). The van der Waals surface area contributed by atoms with Crippen molar-refractivity contribution in [3.63, 3.8) is 0 Å². The first kappa shape index (κ1) is 19.3. The van der Waals surface area contributed by atoms with Crippen molar-refractivity contribution in [2.45, 2.75) is 18.7 Å². The van der Waals surface area contributed by atoms with Crippen LogP contribution < -0.4 is 5.32 Å². The topological polar surface area (TPSA) is 102 Å². The predicted molar refractivity (Wildman–Crippen MR) is 112 cm³/mol. The van der Waals surface area contributed by atoms with Gasteiger partial charge in [0.05, 0.1) is 15.1 Å². The van der Waals surface area contributed by atoms with Crippen LogP contribution in [0.4, 0.5) is 5.13 Å². The number of sulfone groups is 1. The SMILES string of the molecule is Cc1ccc(-c2cc(C(=O)Nc3nc4ccc(S(C)(=O)=O)cc4s3)no2)cc1C. The van der Waals surface area contributed by atoms with Crippen molar-refractivity contribution in [1.29, 1.82) is 0 Å². The number of nitrogens with zero attached hydrogens (tertiary/aromatic N) is 2. The molecular weight excluding hydrogens is 410 g/mol. The molecule has 0 fully saturated rings. The van der Waals surface area contributed by atoms with E-state index in [-0.39, 0.29) is 10.6 Å². The van der Waals surface area contributed by atoms with Gasteiger partial charge < -0.3 is 4.52 Å². The maximum Gasteiger partial charge on any atom is 0.279 e. The summed E-state index contributed by atoms with van der Waals surface area (Å²) in [6.45, 7) is 4.03. The molecule has 2 heterocycles. The summed E-state index contributed by atoms with van der Waals surface area (Å²) in [4.78, 5) is 17.1. The Kier molecular flexibility index (Phi) is 4.71. The van der Waals surface area contributed by atoms with E-state index in [1.807, 2.05) is 32.0 Å². The van der Waals surface area contributed by atoms with E-state index in [0.717, 1.165) is 17.4 Å². The summed E-state index contributed by atoms with van der Waals surface area (Å²) in [5, 5.41) is 6.89. The lowest BCUT2D eigenvalue weighted by Crippen LogP contribution is -2.11. The number of nitrogens with one attached hydrogen (secondary N) is 1. The quantitative estimate of drug-likeness (QED) is 0.523. The molecule has 29 heavy (non-hydrogen) atoms. The zero-order valence-electron chi connectivity index (χ0n) is 15.9. The van der Waals surface area contributed by atoms with Gasteiger partial charge in [0.15, 0.2) is 26.4 Å². The molecule has 148 valence electrons. The van der Waals surface area contributed by atoms with Crippen LogP contribution in [0.15, 0.2) is 51.9 Å². The number of benzene rings is 2. The van der Waals surface area contributed by atoms with Gasteiger partial charge in [-0.25, -0.2) is 13.4 Å². The van der Waals surface area contributed by atoms with E-state index in [9.17, 15) is 13.2 Å². The average molecular weight is 428 g/mol. The van der Waals surface area contributed by atoms with Crippen LogP contribution in [-0.4, -0.2) is 30.7 Å². The van der Waals surface area contributed by atoms with Crippen molar-refractivity contribution < 1.29 is 17.7 Å². The number of carbonyl (C=O) groups is 1. The van der Waals surface area contributed by atoms with Gasteiger partial charge >= 0.3 is 0 Å². The van der Waals surface area contributed by atoms with Crippen LogP contribution in [0, 0.1) is 13.8 Å². The highest BCUT2D eigenvalue weighted by atomic mass is 32.2. The van der Waals surface area contributed by atoms with Crippen LogP contribution in [-0.2, 0) is 9.84 Å². The smallest absolute Gasteiger partial charge is 0.279 e. The molecule has 0 spiro atoms. The highest BCUT2D eigenvalue weighted by Gasteiger charge is 2.17. The normalized spacial score (nSPS) is 11.7. The maximum atomic E-state index is 12.5. The van der Waals surface area contributed by atoms with Gasteiger partial charge in [0.25, 0.3) is 5.91 Å². The first-order valence-corrected chi connectivity index (χ1v) is 11.4. The molecule has 0 radical (unpaired) electrons. The molecule has 7 nitrogen and oxygen atoms in total. The largest absolute Gasteiger partial charge is 0.355 e. The Labute approximate surface area is 171 Å². The lowest BCUT2D eigenvalue weighted by Gasteiger charge is -2.01. The Bertz CT molecular complexity index is 1350. The number of hydrogen-bond donors (Lipinski definition) is 1. The zero-order chi connectivity index (χ0) is 20.8. The maximum absolute atomic E-state index is 12.5. The number of rotatable bonds is 4. The second kappa shape index (κ2) is 7.09. The second-order valence-corrected chi connectivity index (χ2v) is 9.80. The number of fused-ring (bicyclic) bond motifs is 1.